The zero-order valence-electron chi connectivity index (χ0n) is 10.4. The van der Waals surface area contributed by atoms with Crippen LogP contribution >= 0.6 is 0 Å². The van der Waals surface area contributed by atoms with E-state index in [1.54, 1.807) is 6.08 Å². The van der Waals surface area contributed by atoms with Crippen LogP contribution in [0.2, 0.25) is 0 Å². The fourth-order valence-electron chi connectivity index (χ4n) is 1.64. The lowest BCUT2D eigenvalue weighted by atomic mass is 9.91. The summed E-state index contributed by atoms with van der Waals surface area (Å²) in [4.78, 5) is 0. The molecule has 0 amide bonds. The molecule has 0 saturated carbocycles. The van der Waals surface area contributed by atoms with Gasteiger partial charge in [0.1, 0.15) is 0 Å². The molecule has 0 radical (unpaired) electrons. The largest absolute Gasteiger partial charge is 0.0985 e. The van der Waals surface area contributed by atoms with Crippen molar-refractivity contribution >= 4 is 0 Å². The molecule has 0 spiro atoms. The third-order valence-electron chi connectivity index (χ3n) is 2.55. The van der Waals surface area contributed by atoms with Crippen LogP contribution in [-0.4, -0.2) is 0 Å². The van der Waals surface area contributed by atoms with Gasteiger partial charge in [0.05, 0.1) is 0 Å². The van der Waals surface area contributed by atoms with Crippen LogP contribution < -0.4 is 0 Å². The van der Waals surface area contributed by atoms with E-state index in [0.29, 0.717) is 5.92 Å². The van der Waals surface area contributed by atoms with Crippen LogP contribution in [0.5, 0.6) is 0 Å². The molecule has 15 heavy (non-hydrogen) atoms. The molecule has 1 unspecified atom stereocenters. The second-order valence-electron chi connectivity index (χ2n) is 4.35. The van der Waals surface area contributed by atoms with E-state index in [9.17, 15) is 0 Å². The molecule has 84 valence electrons. The van der Waals surface area contributed by atoms with Gasteiger partial charge < -0.3 is 0 Å². The highest BCUT2D eigenvalue weighted by atomic mass is 14.1. The molecule has 0 aromatic heterocycles. The maximum Gasteiger partial charge on any atom is -0.0225 e. The van der Waals surface area contributed by atoms with Crippen molar-refractivity contribution in [2.45, 2.75) is 33.6 Å². The van der Waals surface area contributed by atoms with Gasteiger partial charge in [0.15, 0.2) is 0 Å². The second kappa shape index (κ2) is 7.28. The molecule has 0 bridgehead atoms. The van der Waals surface area contributed by atoms with E-state index in [2.05, 4.69) is 46.6 Å². The molecule has 0 aliphatic heterocycles. The van der Waals surface area contributed by atoms with E-state index in [4.69, 9.17) is 0 Å². The molecule has 0 aromatic rings. The van der Waals surface area contributed by atoms with Crippen molar-refractivity contribution in [1.29, 1.82) is 0 Å². The van der Waals surface area contributed by atoms with E-state index in [1.165, 1.54) is 12.8 Å². The molecular weight excluding hydrogens is 180 g/mol. The smallest absolute Gasteiger partial charge is 0.0225 e. The number of allylic oxidation sites excluding steroid dienone is 5. The first-order valence-corrected chi connectivity index (χ1v) is 5.71. The van der Waals surface area contributed by atoms with Gasteiger partial charge in [-0.1, -0.05) is 58.7 Å². The first kappa shape index (κ1) is 14.0. The van der Waals surface area contributed by atoms with Gasteiger partial charge in [-0.2, -0.15) is 0 Å². The maximum absolute atomic E-state index is 3.95. The van der Waals surface area contributed by atoms with Crippen LogP contribution in [0.1, 0.15) is 33.6 Å². The van der Waals surface area contributed by atoms with Crippen LogP contribution in [-0.2, 0) is 0 Å². The van der Waals surface area contributed by atoms with Gasteiger partial charge in [0.25, 0.3) is 0 Å². The molecule has 0 nitrogen and oxygen atoms in total. The zero-order chi connectivity index (χ0) is 11.8. The van der Waals surface area contributed by atoms with Crippen molar-refractivity contribution in [2.75, 3.05) is 0 Å². The molecule has 0 heteroatoms. The van der Waals surface area contributed by atoms with E-state index >= 15 is 0 Å². The number of hydrogen-bond donors (Lipinski definition) is 0. The summed E-state index contributed by atoms with van der Waals surface area (Å²) in [6.45, 7) is 18.2. The molecule has 0 N–H and O–H groups in total. The van der Waals surface area contributed by atoms with E-state index in [0.717, 1.165) is 17.1 Å². The van der Waals surface area contributed by atoms with Crippen molar-refractivity contribution in [3.8, 4) is 0 Å². The highest BCUT2D eigenvalue weighted by Gasteiger charge is 2.07. The summed E-state index contributed by atoms with van der Waals surface area (Å²) in [5.74, 6) is 1.35. The molecule has 0 aliphatic carbocycles. The van der Waals surface area contributed by atoms with Crippen LogP contribution in [0.4, 0.5) is 0 Å². The zero-order valence-corrected chi connectivity index (χ0v) is 10.4. The summed E-state index contributed by atoms with van der Waals surface area (Å²) in [7, 11) is 0. The Morgan fingerprint density at radius 3 is 2.13 bits per heavy atom. The van der Waals surface area contributed by atoms with Gasteiger partial charge in [-0.05, 0) is 35.8 Å². The summed E-state index contributed by atoms with van der Waals surface area (Å²) >= 11 is 0. The van der Waals surface area contributed by atoms with Gasteiger partial charge in [0, 0.05) is 0 Å². The highest BCUT2D eigenvalue weighted by molar-refractivity contribution is 5.43. The second-order valence-corrected chi connectivity index (χ2v) is 4.35. The van der Waals surface area contributed by atoms with E-state index in [1.807, 2.05) is 6.08 Å². The van der Waals surface area contributed by atoms with Crippen LogP contribution in [0.25, 0.3) is 0 Å². The lowest BCUT2D eigenvalue weighted by Gasteiger charge is -2.14. The molecule has 0 aromatic carbocycles. The van der Waals surface area contributed by atoms with Crippen LogP contribution in [0, 0.1) is 11.8 Å². The lowest BCUT2D eigenvalue weighted by molar-refractivity contribution is 0.464. The Balaban J connectivity index is 4.69. The normalized spacial score (nSPS) is 13.7. The predicted molar refractivity (Wildman–Crippen MR) is 70.9 cm³/mol. The highest BCUT2D eigenvalue weighted by Crippen LogP contribution is 2.21. The van der Waals surface area contributed by atoms with Crippen molar-refractivity contribution in [1.82, 2.24) is 0 Å². The Hall–Kier alpha value is -1.04. The Kier molecular flexibility index (Phi) is 6.77. The average molecular weight is 204 g/mol. The first-order chi connectivity index (χ1) is 7.04. The van der Waals surface area contributed by atoms with Crippen molar-refractivity contribution < 1.29 is 0 Å². The van der Waals surface area contributed by atoms with Crippen molar-refractivity contribution in [3.63, 3.8) is 0 Å². The van der Waals surface area contributed by atoms with Crippen molar-refractivity contribution in [3.05, 3.63) is 49.1 Å². The molecule has 0 aliphatic rings. The molecule has 1 atom stereocenters. The standard InChI is InChI=1S/C15H24/c1-7-13(6)15(9-3)11-14(8-2)10-12(4)5/h7,9,11-12,14H,1,3,6,8,10H2,2,4-5H3/b15-11-. The van der Waals surface area contributed by atoms with Gasteiger partial charge >= 0.3 is 0 Å². The maximum atomic E-state index is 3.95. The minimum atomic E-state index is 0.620. The van der Waals surface area contributed by atoms with E-state index < -0.39 is 0 Å². The Morgan fingerprint density at radius 2 is 1.80 bits per heavy atom. The fraction of sp³-hybridized carbons (Fsp3) is 0.467. The molecule has 0 fully saturated rings. The fourth-order valence-corrected chi connectivity index (χ4v) is 1.64. The molecule has 0 rings (SSSR count). The monoisotopic (exact) mass is 204 g/mol. The molecule has 0 saturated heterocycles. The average Bonchev–Trinajstić information content (AvgIpc) is 2.22. The molecule has 0 heterocycles. The minimum absolute atomic E-state index is 0.620. The van der Waals surface area contributed by atoms with Gasteiger partial charge in [0.2, 0.25) is 0 Å². The third kappa shape index (κ3) is 5.41. The van der Waals surface area contributed by atoms with Crippen molar-refractivity contribution in [2.24, 2.45) is 11.8 Å². The van der Waals surface area contributed by atoms with Gasteiger partial charge in [-0.25, -0.2) is 0 Å². The minimum Gasteiger partial charge on any atom is -0.0985 e. The van der Waals surface area contributed by atoms with E-state index in [-0.39, 0.29) is 0 Å². The Bertz CT molecular complexity index is 253. The quantitative estimate of drug-likeness (QED) is 0.517. The summed E-state index contributed by atoms with van der Waals surface area (Å²) in [5, 5.41) is 0. The summed E-state index contributed by atoms with van der Waals surface area (Å²) in [6.07, 6.45) is 8.32. The van der Waals surface area contributed by atoms with Crippen LogP contribution in [0.3, 0.4) is 0 Å². The summed E-state index contributed by atoms with van der Waals surface area (Å²) in [5.41, 5.74) is 2.09. The van der Waals surface area contributed by atoms with Gasteiger partial charge in [-0.15, -0.1) is 0 Å². The summed E-state index contributed by atoms with van der Waals surface area (Å²) in [6, 6.07) is 0. The third-order valence-corrected chi connectivity index (χ3v) is 2.55. The van der Waals surface area contributed by atoms with Gasteiger partial charge in [-0.3, -0.25) is 0 Å². The number of hydrogen-bond acceptors (Lipinski definition) is 0. The Morgan fingerprint density at radius 1 is 1.20 bits per heavy atom. The van der Waals surface area contributed by atoms with Crippen LogP contribution in [0.15, 0.2) is 49.1 Å². The summed E-state index contributed by atoms with van der Waals surface area (Å²) < 4.78 is 0. The first-order valence-electron chi connectivity index (χ1n) is 5.71. The Labute approximate surface area is 95.1 Å². The predicted octanol–water partition coefficient (Wildman–Crippen LogP) is 4.91. The number of rotatable bonds is 7. The lowest BCUT2D eigenvalue weighted by Crippen LogP contribution is -2.01. The topological polar surface area (TPSA) is 0 Å². The molecular formula is C15H24. The SMILES string of the molecule is C=CC(=C)/C(C=C)=C\C(CC)CC(C)C.